The molecule has 5 heteroatoms. The number of aliphatic imine (C=N–C) groups is 3. The van der Waals surface area contributed by atoms with Gasteiger partial charge in [-0.05, 0) is 90.9 Å². The lowest BCUT2D eigenvalue weighted by Gasteiger charge is -2.13. The number of fused-ring (bicyclic) bond motifs is 5. The molecule has 0 unspecified atom stereocenters. The molecule has 0 saturated heterocycles. The maximum atomic E-state index is 5.06. The second-order valence-electron chi connectivity index (χ2n) is 13.2. The van der Waals surface area contributed by atoms with Crippen molar-refractivity contribution >= 4 is 64.5 Å². The van der Waals surface area contributed by atoms with Gasteiger partial charge in [-0.15, -0.1) is 0 Å². The topological polar surface area (TPSA) is 57.8 Å². The highest BCUT2D eigenvalue weighted by molar-refractivity contribution is 6.13. The molecule has 5 nitrogen and oxygen atoms in total. The fourth-order valence-corrected chi connectivity index (χ4v) is 7.25. The van der Waals surface area contributed by atoms with Gasteiger partial charge in [-0.3, -0.25) is 4.99 Å². The smallest absolute Gasteiger partial charge is 0.161 e. The first-order chi connectivity index (χ1) is 27.0. The fourth-order valence-electron chi connectivity index (χ4n) is 7.25. The summed E-state index contributed by atoms with van der Waals surface area (Å²) < 4.78 is 2.30. The van der Waals surface area contributed by atoms with Gasteiger partial charge in [0.15, 0.2) is 11.7 Å². The van der Waals surface area contributed by atoms with Crippen LogP contribution in [0.5, 0.6) is 0 Å². The molecule has 55 heavy (non-hydrogen) atoms. The number of aromatic amines is 1. The predicted octanol–water partition coefficient (Wildman–Crippen LogP) is 10.6. The first-order valence-electron chi connectivity index (χ1n) is 18.8. The number of amidine groups is 2. The highest BCUT2D eigenvalue weighted by Crippen LogP contribution is 2.30. The Balaban J connectivity index is 0.00000229. The molecular formula is C50H45N5. The molecule has 0 spiro atoms. The third kappa shape index (κ3) is 7.38. The van der Waals surface area contributed by atoms with Crippen LogP contribution in [0.4, 0.5) is 0 Å². The lowest BCUT2D eigenvalue weighted by molar-refractivity contribution is 1.01. The van der Waals surface area contributed by atoms with Crippen molar-refractivity contribution in [1.82, 2.24) is 9.55 Å². The third-order valence-corrected chi connectivity index (χ3v) is 9.69. The first-order valence-corrected chi connectivity index (χ1v) is 18.8. The molecule has 0 bridgehead atoms. The average molecular weight is 716 g/mol. The quantitative estimate of drug-likeness (QED) is 0.126. The first kappa shape index (κ1) is 36.5. The minimum absolute atomic E-state index is 0.470. The van der Waals surface area contributed by atoms with E-state index in [4.69, 9.17) is 9.98 Å². The number of hydrogen-bond donors (Lipinski definition) is 1. The molecule has 2 aromatic heterocycles. The Morgan fingerprint density at radius 1 is 0.782 bits per heavy atom. The summed E-state index contributed by atoms with van der Waals surface area (Å²) in [6, 6.07) is 41.6. The van der Waals surface area contributed by atoms with Crippen molar-refractivity contribution in [2.75, 3.05) is 0 Å². The highest BCUT2D eigenvalue weighted by Gasteiger charge is 2.18. The average Bonchev–Trinajstić information content (AvgIpc) is 3.72. The van der Waals surface area contributed by atoms with Crippen molar-refractivity contribution in [3.63, 3.8) is 0 Å². The summed E-state index contributed by atoms with van der Waals surface area (Å²) in [7, 11) is 0. The SMILES string of the molecule is C=Cc1c(/C=C\C)n(-c2cccc(C(=NCc3ccccc3)N=C(N=C)c3ccccc3)c2)c2/c1=C\c1cc3[nH]c4ccccc4c3cc1CC(=C)\C=2.CC. The Bertz CT molecular complexity index is 2770. The number of H-pyrrole nitrogens is 1. The van der Waals surface area contributed by atoms with Gasteiger partial charge in [0.1, 0.15) is 0 Å². The second kappa shape index (κ2) is 16.4. The van der Waals surface area contributed by atoms with Crippen molar-refractivity contribution < 1.29 is 0 Å². The van der Waals surface area contributed by atoms with Gasteiger partial charge in [-0.1, -0.05) is 130 Å². The van der Waals surface area contributed by atoms with Gasteiger partial charge in [0, 0.05) is 49.4 Å². The maximum absolute atomic E-state index is 5.06. The molecule has 0 atom stereocenters. The van der Waals surface area contributed by atoms with Crippen LogP contribution < -0.4 is 10.6 Å². The van der Waals surface area contributed by atoms with E-state index in [1.54, 1.807) is 0 Å². The van der Waals surface area contributed by atoms with Crippen LogP contribution in [0.1, 0.15) is 59.8 Å². The molecule has 0 radical (unpaired) electrons. The molecule has 1 aliphatic carbocycles. The molecule has 7 aromatic rings. The maximum Gasteiger partial charge on any atom is 0.161 e. The summed E-state index contributed by atoms with van der Waals surface area (Å²) in [5, 5.41) is 4.59. The summed E-state index contributed by atoms with van der Waals surface area (Å²) in [6.45, 7) is 19.2. The van der Waals surface area contributed by atoms with E-state index >= 15 is 0 Å². The van der Waals surface area contributed by atoms with Gasteiger partial charge in [0.25, 0.3) is 0 Å². The predicted molar refractivity (Wildman–Crippen MR) is 237 cm³/mol. The van der Waals surface area contributed by atoms with Crippen LogP contribution in [0, 0.1) is 0 Å². The van der Waals surface area contributed by atoms with Gasteiger partial charge in [0.05, 0.1) is 17.6 Å². The number of nitrogens with zero attached hydrogens (tertiary/aromatic N) is 4. The Labute approximate surface area is 323 Å². The van der Waals surface area contributed by atoms with E-state index in [1.807, 2.05) is 75.4 Å². The summed E-state index contributed by atoms with van der Waals surface area (Å²) in [5.41, 5.74) is 11.6. The number of rotatable bonds is 7. The summed E-state index contributed by atoms with van der Waals surface area (Å²) >= 11 is 0. The summed E-state index contributed by atoms with van der Waals surface area (Å²) in [4.78, 5) is 18.0. The summed E-state index contributed by atoms with van der Waals surface area (Å²) in [5.74, 6) is 1.09. The number of para-hydroxylation sites is 1. The molecule has 1 N–H and O–H groups in total. The van der Waals surface area contributed by atoms with Crippen molar-refractivity contribution in [1.29, 1.82) is 0 Å². The zero-order valence-corrected chi connectivity index (χ0v) is 31.8. The molecule has 0 saturated carbocycles. The Morgan fingerprint density at radius 3 is 2.25 bits per heavy atom. The van der Waals surface area contributed by atoms with Crippen LogP contribution in [0.25, 0.3) is 51.8 Å². The molecule has 1 aliphatic rings. The van der Waals surface area contributed by atoms with Crippen LogP contribution in [-0.2, 0) is 13.0 Å². The fraction of sp³-hybridized carbons (Fsp3) is 0.100. The number of aromatic nitrogens is 2. The highest BCUT2D eigenvalue weighted by atomic mass is 15.0. The van der Waals surface area contributed by atoms with E-state index in [1.165, 1.54) is 16.3 Å². The van der Waals surface area contributed by atoms with Gasteiger partial charge >= 0.3 is 0 Å². The summed E-state index contributed by atoms with van der Waals surface area (Å²) in [6.07, 6.45) is 11.4. The van der Waals surface area contributed by atoms with E-state index in [0.717, 1.165) is 72.8 Å². The van der Waals surface area contributed by atoms with Crippen molar-refractivity contribution in [3.8, 4) is 5.69 Å². The lowest BCUT2D eigenvalue weighted by atomic mass is 9.94. The standard InChI is InChI=1S/C48H39N5.C2H6/c1-5-16-45-39(6-2)42-29-37-30-44-41(40-23-13-14-24-43(40)51-44)28-36(37)25-32(3)26-46(42)53(45)38-22-15-21-35(27-38)48(50-31-33-17-9-7-10-18-33)52-47(49-4)34-19-11-8-12-20-34;1-2/h5-24,26-30,51H,2-4,25,31H2,1H3;1-2H3/b16-5-,42-29-,46-26+,50-48?,52-47?;. The van der Waals surface area contributed by atoms with Crippen molar-refractivity contribution in [2.45, 2.75) is 33.7 Å². The molecule has 0 aliphatic heterocycles. The van der Waals surface area contributed by atoms with Crippen LogP contribution >= 0.6 is 0 Å². The van der Waals surface area contributed by atoms with Crippen molar-refractivity contribution in [3.05, 3.63) is 196 Å². The zero-order chi connectivity index (χ0) is 38.3. The van der Waals surface area contributed by atoms with Crippen LogP contribution in [-0.4, -0.2) is 27.9 Å². The number of nitrogens with one attached hydrogen (secondary N) is 1. The van der Waals surface area contributed by atoms with Crippen LogP contribution in [0.2, 0.25) is 0 Å². The largest absolute Gasteiger partial charge is 0.354 e. The minimum atomic E-state index is 0.470. The molecule has 5 aromatic carbocycles. The Morgan fingerprint density at radius 2 is 1.51 bits per heavy atom. The van der Waals surface area contributed by atoms with E-state index in [0.29, 0.717) is 18.2 Å². The van der Waals surface area contributed by atoms with E-state index in [2.05, 4.69) is 132 Å². The molecule has 270 valence electrons. The van der Waals surface area contributed by atoms with E-state index < -0.39 is 0 Å². The van der Waals surface area contributed by atoms with Gasteiger partial charge < -0.3 is 9.55 Å². The Hall–Kier alpha value is -6.85. The monoisotopic (exact) mass is 715 g/mol. The number of benzene rings is 5. The molecule has 8 rings (SSSR count). The van der Waals surface area contributed by atoms with E-state index in [-0.39, 0.29) is 0 Å². The molecule has 0 fully saturated rings. The third-order valence-electron chi connectivity index (χ3n) is 9.69. The minimum Gasteiger partial charge on any atom is -0.354 e. The van der Waals surface area contributed by atoms with E-state index in [9.17, 15) is 0 Å². The number of allylic oxidation sites excluding steroid dienone is 2. The molecule has 0 amide bonds. The van der Waals surface area contributed by atoms with Crippen LogP contribution in [0.3, 0.4) is 0 Å². The Kier molecular flexibility index (Phi) is 10.9. The normalized spacial score (nSPS) is 14.1. The van der Waals surface area contributed by atoms with Gasteiger partial charge in [-0.25, -0.2) is 9.98 Å². The van der Waals surface area contributed by atoms with Gasteiger partial charge in [-0.2, -0.15) is 0 Å². The van der Waals surface area contributed by atoms with Gasteiger partial charge in [0.2, 0.25) is 0 Å². The zero-order valence-electron chi connectivity index (χ0n) is 31.8. The molecule has 2 heterocycles. The number of hydrogen-bond acceptors (Lipinski definition) is 1. The lowest BCUT2D eigenvalue weighted by Crippen LogP contribution is -2.31. The van der Waals surface area contributed by atoms with Crippen LogP contribution in [0.15, 0.2) is 161 Å². The second-order valence-corrected chi connectivity index (χ2v) is 13.2. The van der Waals surface area contributed by atoms with Crippen molar-refractivity contribution in [2.24, 2.45) is 15.0 Å². The molecular weight excluding hydrogens is 671 g/mol.